The summed E-state index contributed by atoms with van der Waals surface area (Å²) in [6, 6.07) is 3.45. The highest BCUT2D eigenvalue weighted by molar-refractivity contribution is 5.84. The lowest BCUT2D eigenvalue weighted by atomic mass is 9.72. The van der Waals surface area contributed by atoms with E-state index < -0.39 is 35.1 Å². The second kappa shape index (κ2) is 9.96. The van der Waals surface area contributed by atoms with Gasteiger partial charge in [-0.15, -0.1) is 0 Å². The molecule has 34 heavy (non-hydrogen) atoms. The van der Waals surface area contributed by atoms with Crippen LogP contribution in [0.15, 0.2) is 47.3 Å². The summed E-state index contributed by atoms with van der Waals surface area (Å²) in [5, 5.41) is 7.69. The lowest BCUT2D eigenvalue weighted by molar-refractivity contribution is -0.171. The van der Waals surface area contributed by atoms with E-state index in [9.17, 15) is 26.7 Å². The van der Waals surface area contributed by atoms with Crippen LogP contribution >= 0.6 is 0 Å². The van der Waals surface area contributed by atoms with Crippen molar-refractivity contribution in [2.45, 2.75) is 46.2 Å². The van der Waals surface area contributed by atoms with Crippen LogP contribution in [-0.4, -0.2) is 30.1 Å². The van der Waals surface area contributed by atoms with Crippen LogP contribution < -0.4 is 0 Å². The van der Waals surface area contributed by atoms with Gasteiger partial charge in [-0.2, -0.15) is 23.4 Å². The van der Waals surface area contributed by atoms with E-state index in [1.165, 1.54) is 11.0 Å². The molecule has 1 heterocycles. The van der Waals surface area contributed by atoms with Crippen LogP contribution in [0.3, 0.4) is 0 Å². The number of likely N-dealkylation sites (tertiary alicyclic amines) is 1. The largest absolute Gasteiger partial charge is 0.393 e. The lowest BCUT2D eigenvalue weighted by Gasteiger charge is -2.36. The first-order chi connectivity index (χ1) is 15.9. The summed E-state index contributed by atoms with van der Waals surface area (Å²) in [6.45, 7) is 8.84. The smallest absolute Gasteiger partial charge is 0.342 e. The summed E-state index contributed by atoms with van der Waals surface area (Å²) in [6.07, 6.45) is -0.670. The zero-order valence-corrected chi connectivity index (χ0v) is 19.6. The third kappa shape index (κ3) is 5.08. The summed E-state index contributed by atoms with van der Waals surface area (Å²) in [4.78, 5) is 14.9. The van der Waals surface area contributed by atoms with E-state index in [1.807, 2.05) is 13.8 Å². The van der Waals surface area contributed by atoms with E-state index >= 15 is 0 Å². The van der Waals surface area contributed by atoms with Gasteiger partial charge in [0.15, 0.2) is 0 Å². The molecule has 4 atom stereocenters. The van der Waals surface area contributed by atoms with Gasteiger partial charge >= 0.3 is 6.18 Å². The van der Waals surface area contributed by atoms with Crippen LogP contribution in [0.25, 0.3) is 5.70 Å². The van der Waals surface area contributed by atoms with Gasteiger partial charge in [0.1, 0.15) is 11.6 Å². The second-order valence-corrected chi connectivity index (χ2v) is 9.71. The number of hydrogen-bond donors (Lipinski definition) is 0. The summed E-state index contributed by atoms with van der Waals surface area (Å²) in [5.74, 6) is -3.96. The summed E-state index contributed by atoms with van der Waals surface area (Å²) in [7, 11) is 0. The number of nitrogens with zero attached hydrogens (tertiary/aromatic N) is 3. The molecule has 0 radical (unpaired) electrons. The molecule has 2 unspecified atom stereocenters. The van der Waals surface area contributed by atoms with Crippen LogP contribution in [0, 0.1) is 40.7 Å². The minimum absolute atomic E-state index is 0.0290. The van der Waals surface area contributed by atoms with E-state index in [4.69, 9.17) is 0 Å². The maximum Gasteiger partial charge on any atom is 0.393 e. The van der Waals surface area contributed by atoms with E-state index in [1.54, 1.807) is 13.0 Å². The number of alkyl halides is 3. The molecule has 0 bridgehead atoms. The minimum Gasteiger partial charge on any atom is -0.342 e. The SMILES string of the molecule is C=CN=N/C(=C\C1[C@H](C(C)C)CC[C@]1(C)C(=O)N1CCC(C(F)(F)F)C1)c1c(F)cccc1F. The topological polar surface area (TPSA) is 45.0 Å². The average Bonchev–Trinajstić information content (AvgIpc) is 3.37. The second-order valence-electron chi connectivity index (χ2n) is 9.71. The van der Waals surface area contributed by atoms with Gasteiger partial charge in [0.2, 0.25) is 5.91 Å². The first kappa shape index (κ1) is 26.0. The third-order valence-electron chi connectivity index (χ3n) is 7.28. The Balaban J connectivity index is 2.05. The van der Waals surface area contributed by atoms with Gasteiger partial charge in [0.05, 0.1) is 22.6 Å². The molecule has 0 N–H and O–H groups in total. The summed E-state index contributed by atoms with van der Waals surface area (Å²) in [5.41, 5.74) is -1.47. The van der Waals surface area contributed by atoms with Crippen molar-refractivity contribution in [3.05, 3.63) is 54.3 Å². The van der Waals surface area contributed by atoms with E-state index in [0.29, 0.717) is 12.8 Å². The predicted octanol–water partition coefficient (Wildman–Crippen LogP) is 7.00. The molecule has 186 valence electrons. The average molecular weight is 484 g/mol. The number of halogens is 5. The maximum atomic E-state index is 14.6. The first-order valence-electron chi connectivity index (χ1n) is 11.4. The molecular weight excluding hydrogens is 453 g/mol. The molecule has 3 rings (SSSR count). The van der Waals surface area contributed by atoms with Crippen molar-refractivity contribution < 1.29 is 26.7 Å². The highest BCUT2D eigenvalue weighted by Crippen LogP contribution is 2.53. The number of rotatable bonds is 6. The van der Waals surface area contributed by atoms with Crippen LogP contribution in [0.5, 0.6) is 0 Å². The fourth-order valence-corrected chi connectivity index (χ4v) is 5.35. The highest BCUT2D eigenvalue weighted by atomic mass is 19.4. The molecule has 1 aliphatic carbocycles. The Morgan fingerprint density at radius 1 is 1.24 bits per heavy atom. The molecule has 1 saturated heterocycles. The predicted molar refractivity (Wildman–Crippen MR) is 119 cm³/mol. The molecule has 2 fully saturated rings. The van der Waals surface area contributed by atoms with Gasteiger partial charge in [-0.3, -0.25) is 4.79 Å². The number of allylic oxidation sites excluding steroid dienone is 1. The molecule has 1 amide bonds. The minimum atomic E-state index is -4.36. The fourth-order valence-electron chi connectivity index (χ4n) is 5.35. The molecular formula is C25H30F5N3O. The Kier molecular flexibility index (Phi) is 7.62. The molecule has 1 aliphatic heterocycles. The number of hydrogen-bond acceptors (Lipinski definition) is 3. The van der Waals surface area contributed by atoms with Crippen molar-refractivity contribution in [1.82, 2.24) is 4.90 Å². The van der Waals surface area contributed by atoms with Crippen LogP contribution in [0.2, 0.25) is 0 Å². The van der Waals surface area contributed by atoms with Crippen LogP contribution in [0.1, 0.15) is 45.6 Å². The number of carbonyl (C=O) groups is 1. The van der Waals surface area contributed by atoms with Gasteiger partial charge in [0, 0.05) is 19.3 Å². The Hall–Kier alpha value is -2.58. The van der Waals surface area contributed by atoms with Crippen molar-refractivity contribution in [1.29, 1.82) is 0 Å². The van der Waals surface area contributed by atoms with Crippen LogP contribution in [-0.2, 0) is 4.79 Å². The molecule has 4 nitrogen and oxygen atoms in total. The van der Waals surface area contributed by atoms with Crippen molar-refractivity contribution in [2.24, 2.45) is 39.3 Å². The third-order valence-corrected chi connectivity index (χ3v) is 7.28. The van der Waals surface area contributed by atoms with Gasteiger partial charge in [-0.25, -0.2) is 8.78 Å². The zero-order chi connectivity index (χ0) is 25.3. The number of amides is 1. The maximum absolute atomic E-state index is 14.6. The van der Waals surface area contributed by atoms with Gasteiger partial charge in [-0.05, 0) is 49.1 Å². The van der Waals surface area contributed by atoms with E-state index in [-0.39, 0.29) is 48.5 Å². The van der Waals surface area contributed by atoms with Crippen molar-refractivity contribution in [3.8, 4) is 0 Å². The quantitative estimate of drug-likeness (QED) is 0.317. The standard InChI is InChI=1S/C25H30F5N3O/c1-5-31-32-21(22-19(26)7-6-8-20(22)27)13-18-17(15(2)3)9-11-24(18,4)23(34)33-12-10-16(14-33)25(28,29)30/h5-8,13,15-18H,1,9-12,14H2,2-4H3/b21-13-,32-31?/t16?,17-,18?,24-/m0/s1. The Labute approximate surface area is 196 Å². The zero-order valence-electron chi connectivity index (χ0n) is 19.6. The molecule has 9 heteroatoms. The summed E-state index contributed by atoms with van der Waals surface area (Å²) < 4.78 is 68.9. The van der Waals surface area contributed by atoms with Crippen molar-refractivity contribution in [2.75, 3.05) is 13.1 Å². The Bertz CT molecular complexity index is 967. The Morgan fingerprint density at radius 3 is 2.41 bits per heavy atom. The van der Waals surface area contributed by atoms with Crippen molar-refractivity contribution in [3.63, 3.8) is 0 Å². The molecule has 2 aliphatic rings. The number of azo groups is 1. The van der Waals surface area contributed by atoms with Crippen LogP contribution in [0.4, 0.5) is 22.0 Å². The molecule has 1 aromatic rings. The monoisotopic (exact) mass is 483 g/mol. The van der Waals surface area contributed by atoms with E-state index in [2.05, 4.69) is 16.8 Å². The molecule has 1 saturated carbocycles. The Morgan fingerprint density at radius 2 is 1.88 bits per heavy atom. The van der Waals surface area contributed by atoms with Gasteiger partial charge < -0.3 is 4.90 Å². The molecule has 0 spiro atoms. The van der Waals surface area contributed by atoms with E-state index in [0.717, 1.165) is 18.3 Å². The van der Waals surface area contributed by atoms with Crippen molar-refractivity contribution >= 4 is 11.6 Å². The molecule has 0 aromatic heterocycles. The highest BCUT2D eigenvalue weighted by Gasteiger charge is 2.54. The lowest BCUT2D eigenvalue weighted by Crippen LogP contribution is -2.44. The van der Waals surface area contributed by atoms with Gasteiger partial charge in [0.25, 0.3) is 0 Å². The van der Waals surface area contributed by atoms with Gasteiger partial charge in [-0.1, -0.05) is 39.5 Å². The number of benzene rings is 1. The first-order valence-corrected chi connectivity index (χ1v) is 11.4. The molecule has 1 aromatic carbocycles. The summed E-state index contributed by atoms with van der Waals surface area (Å²) >= 11 is 0. The normalized spacial score (nSPS) is 28.3. The number of carbonyl (C=O) groups excluding carboxylic acids is 1. The fraction of sp³-hybridized carbons (Fsp3) is 0.560.